The number of hydrogen-bond acceptors (Lipinski definition) is 4. The predicted octanol–water partition coefficient (Wildman–Crippen LogP) is 1.26. The molecule has 1 heterocycles. The molecular formula is C11H13N5O. The van der Waals surface area contributed by atoms with Gasteiger partial charge in [-0.25, -0.2) is 4.68 Å². The number of aromatic nitrogens is 4. The fourth-order valence-corrected chi connectivity index (χ4v) is 1.29. The van der Waals surface area contributed by atoms with Gasteiger partial charge in [-0.3, -0.25) is 4.79 Å². The fourth-order valence-electron chi connectivity index (χ4n) is 1.29. The summed E-state index contributed by atoms with van der Waals surface area (Å²) < 4.78 is 1.53. The Labute approximate surface area is 98.6 Å². The van der Waals surface area contributed by atoms with Crippen molar-refractivity contribution in [3.05, 3.63) is 30.6 Å². The summed E-state index contributed by atoms with van der Waals surface area (Å²) >= 11 is 0. The lowest BCUT2D eigenvalue weighted by Crippen LogP contribution is -2.17. The Balaban J connectivity index is 2.20. The van der Waals surface area contributed by atoms with Gasteiger partial charge in [-0.2, -0.15) is 0 Å². The number of nitrogens with zero attached hydrogens (tertiary/aromatic N) is 4. The molecule has 0 fully saturated rings. The average molecular weight is 231 g/mol. The molecule has 1 aromatic carbocycles. The van der Waals surface area contributed by atoms with Gasteiger partial charge in [0.2, 0.25) is 5.91 Å². The van der Waals surface area contributed by atoms with E-state index in [1.54, 1.807) is 0 Å². The van der Waals surface area contributed by atoms with E-state index in [4.69, 9.17) is 0 Å². The normalized spacial score (nSPS) is 10.5. The number of carbonyl (C=O) groups excluding carboxylic acids is 1. The van der Waals surface area contributed by atoms with E-state index >= 15 is 0 Å². The van der Waals surface area contributed by atoms with Gasteiger partial charge in [0.25, 0.3) is 0 Å². The van der Waals surface area contributed by atoms with E-state index in [0.717, 1.165) is 11.4 Å². The van der Waals surface area contributed by atoms with Crippen molar-refractivity contribution in [3.63, 3.8) is 0 Å². The smallest absolute Gasteiger partial charge is 0.226 e. The van der Waals surface area contributed by atoms with Crippen LogP contribution in [0.3, 0.4) is 0 Å². The summed E-state index contributed by atoms with van der Waals surface area (Å²) in [4.78, 5) is 11.6. The number of anilines is 1. The average Bonchev–Trinajstić information content (AvgIpc) is 2.82. The third-order valence-electron chi connectivity index (χ3n) is 2.25. The van der Waals surface area contributed by atoms with Gasteiger partial charge in [0, 0.05) is 11.6 Å². The maximum Gasteiger partial charge on any atom is 0.226 e. The molecular weight excluding hydrogens is 218 g/mol. The molecule has 0 saturated heterocycles. The number of carbonyl (C=O) groups is 1. The first-order valence-electron chi connectivity index (χ1n) is 5.31. The van der Waals surface area contributed by atoms with Gasteiger partial charge in [-0.1, -0.05) is 19.9 Å². The van der Waals surface area contributed by atoms with Gasteiger partial charge in [0.1, 0.15) is 6.33 Å². The van der Waals surface area contributed by atoms with Crippen molar-refractivity contribution in [1.82, 2.24) is 20.2 Å². The maximum absolute atomic E-state index is 11.6. The Morgan fingerprint density at radius 3 is 2.88 bits per heavy atom. The molecule has 0 aliphatic carbocycles. The van der Waals surface area contributed by atoms with Crippen LogP contribution in [0.4, 0.5) is 5.69 Å². The lowest BCUT2D eigenvalue weighted by atomic mass is 10.2. The highest BCUT2D eigenvalue weighted by atomic mass is 16.1. The molecule has 0 bridgehead atoms. The minimum absolute atomic E-state index is 0.0149. The van der Waals surface area contributed by atoms with Crippen LogP contribution < -0.4 is 5.32 Å². The highest BCUT2D eigenvalue weighted by Gasteiger charge is 2.07. The van der Waals surface area contributed by atoms with Gasteiger partial charge in [0.15, 0.2) is 0 Å². The molecule has 2 rings (SSSR count). The molecule has 0 saturated carbocycles. The summed E-state index contributed by atoms with van der Waals surface area (Å²) in [5.74, 6) is -0.0643. The van der Waals surface area contributed by atoms with E-state index in [-0.39, 0.29) is 11.8 Å². The van der Waals surface area contributed by atoms with E-state index in [9.17, 15) is 4.79 Å². The topological polar surface area (TPSA) is 72.7 Å². The summed E-state index contributed by atoms with van der Waals surface area (Å²) in [6.07, 6.45) is 1.50. The summed E-state index contributed by atoms with van der Waals surface area (Å²) in [5.41, 5.74) is 1.54. The molecule has 0 aliphatic heterocycles. The van der Waals surface area contributed by atoms with Gasteiger partial charge >= 0.3 is 0 Å². The Kier molecular flexibility index (Phi) is 3.13. The molecule has 0 aliphatic rings. The quantitative estimate of drug-likeness (QED) is 0.863. The molecule has 2 aromatic rings. The van der Waals surface area contributed by atoms with E-state index in [0.29, 0.717) is 0 Å². The number of benzene rings is 1. The molecule has 1 amide bonds. The van der Waals surface area contributed by atoms with Crippen LogP contribution in [0.25, 0.3) is 5.69 Å². The number of nitrogens with one attached hydrogen (secondary N) is 1. The minimum Gasteiger partial charge on any atom is -0.326 e. The molecule has 0 radical (unpaired) electrons. The van der Waals surface area contributed by atoms with Crippen LogP contribution in [0, 0.1) is 5.92 Å². The van der Waals surface area contributed by atoms with Crippen molar-refractivity contribution >= 4 is 11.6 Å². The van der Waals surface area contributed by atoms with Crippen LogP contribution >= 0.6 is 0 Å². The largest absolute Gasteiger partial charge is 0.326 e. The van der Waals surface area contributed by atoms with Gasteiger partial charge in [-0.05, 0) is 28.6 Å². The van der Waals surface area contributed by atoms with Gasteiger partial charge in [-0.15, -0.1) is 5.10 Å². The van der Waals surface area contributed by atoms with E-state index in [1.165, 1.54) is 11.0 Å². The number of hydrogen-bond donors (Lipinski definition) is 1. The SMILES string of the molecule is CC(C)C(=O)Nc1cccc(-n2cnnn2)c1. The second-order valence-electron chi connectivity index (χ2n) is 3.95. The van der Waals surface area contributed by atoms with Gasteiger partial charge in [0.05, 0.1) is 5.69 Å². The number of tetrazole rings is 1. The van der Waals surface area contributed by atoms with Crippen LogP contribution in [-0.2, 0) is 4.79 Å². The Morgan fingerprint density at radius 1 is 1.41 bits per heavy atom. The van der Waals surface area contributed by atoms with Crippen LogP contribution in [0.15, 0.2) is 30.6 Å². The predicted molar refractivity (Wildman–Crippen MR) is 62.6 cm³/mol. The van der Waals surface area contributed by atoms with Crippen LogP contribution in [0.1, 0.15) is 13.8 Å². The zero-order valence-corrected chi connectivity index (χ0v) is 9.66. The van der Waals surface area contributed by atoms with Crippen LogP contribution in [0.2, 0.25) is 0 Å². The summed E-state index contributed by atoms with van der Waals surface area (Å²) in [7, 11) is 0. The maximum atomic E-state index is 11.6. The first kappa shape index (κ1) is 11.3. The second kappa shape index (κ2) is 4.73. The van der Waals surface area contributed by atoms with Crippen molar-refractivity contribution in [2.45, 2.75) is 13.8 Å². The zero-order valence-electron chi connectivity index (χ0n) is 9.66. The monoisotopic (exact) mass is 231 g/mol. The molecule has 88 valence electrons. The Bertz CT molecular complexity index is 506. The third kappa shape index (κ3) is 2.66. The number of amides is 1. The Morgan fingerprint density at radius 2 is 2.24 bits per heavy atom. The first-order valence-corrected chi connectivity index (χ1v) is 5.31. The standard InChI is InChI=1S/C11H13N5O/c1-8(2)11(17)13-9-4-3-5-10(6-9)16-7-12-14-15-16/h3-8H,1-2H3,(H,13,17). The van der Waals surface area contributed by atoms with E-state index in [2.05, 4.69) is 20.8 Å². The summed E-state index contributed by atoms with van der Waals surface area (Å²) in [6, 6.07) is 7.35. The molecule has 1 aromatic heterocycles. The lowest BCUT2D eigenvalue weighted by Gasteiger charge is -2.08. The van der Waals surface area contributed by atoms with Crippen LogP contribution in [0.5, 0.6) is 0 Å². The van der Waals surface area contributed by atoms with Crippen molar-refractivity contribution in [3.8, 4) is 5.69 Å². The van der Waals surface area contributed by atoms with Crippen molar-refractivity contribution in [2.75, 3.05) is 5.32 Å². The van der Waals surface area contributed by atoms with Crippen molar-refractivity contribution in [1.29, 1.82) is 0 Å². The van der Waals surface area contributed by atoms with Crippen molar-refractivity contribution in [2.24, 2.45) is 5.92 Å². The molecule has 0 atom stereocenters. The van der Waals surface area contributed by atoms with E-state index < -0.39 is 0 Å². The molecule has 17 heavy (non-hydrogen) atoms. The fraction of sp³-hybridized carbons (Fsp3) is 0.273. The highest BCUT2D eigenvalue weighted by molar-refractivity contribution is 5.92. The third-order valence-corrected chi connectivity index (χ3v) is 2.25. The lowest BCUT2D eigenvalue weighted by molar-refractivity contribution is -0.118. The molecule has 6 heteroatoms. The molecule has 1 N–H and O–H groups in total. The summed E-state index contributed by atoms with van der Waals surface area (Å²) in [6.45, 7) is 3.70. The number of rotatable bonds is 3. The minimum atomic E-state index is -0.0494. The van der Waals surface area contributed by atoms with Gasteiger partial charge < -0.3 is 5.32 Å². The molecule has 0 spiro atoms. The van der Waals surface area contributed by atoms with Crippen molar-refractivity contribution < 1.29 is 4.79 Å². The highest BCUT2D eigenvalue weighted by Crippen LogP contribution is 2.14. The first-order chi connectivity index (χ1) is 8.16. The van der Waals surface area contributed by atoms with E-state index in [1.807, 2.05) is 38.1 Å². The zero-order chi connectivity index (χ0) is 12.3. The molecule has 0 unspecified atom stereocenters. The second-order valence-corrected chi connectivity index (χ2v) is 3.95. The van der Waals surface area contributed by atoms with Crippen LogP contribution in [-0.4, -0.2) is 26.1 Å². The summed E-state index contributed by atoms with van der Waals surface area (Å²) in [5, 5.41) is 13.7. The Hall–Kier alpha value is -2.24. The molecule has 6 nitrogen and oxygen atoms in total.